The fraction of sp³-hybridized carbons (Fsp3) is 0.0769. The van der Waals surface area contributed by atoms with Crippen LogP contribution >= 0.6 is 0 Å². The second kappa shape index (κ2) is 5.40. The van der Waals surface area contributed by atoms with Gasteiger partial charge in [-0.05, 0) is 37.3 Å². The molecule has 0 aliphatic rings. The van der Waals surface area contributed by atoms with Crippen molar-refractivity contribution in [3.63, 3.8) is 0 Å². The normalized spacial score (nSPS) is 11.9. The predicted molar refractivity (Wildman–Crippen MR) is 73.3 cm³/mol. The summed E-state index contributed by atoms with van der Waals surface area (Å²) in [6.45, 7) is 1.93. The molecule has 0 fully saturated rings. The Hall–Kier alpha value is -2.25. The van der Waals surface area contributed by atoms with Gasteiger partial charge in [0.25, 0.3) is 10.1 Å². The van der Waals surface area contributed by atoms with E-state index in [1.165, 1.54) is 0 Å². The molecule has 0 aliphatic heterocycles. The molecule has 2 aromatic carbocycles. The summed E-state index contributed by atoms with van der Waals surface area (Å²) in [5.41, 5.74) is 1.59. The monoisotopic (exact) mass is 292 g/mol. The van der Waals surface area contributed by atoms with E-state index in [9.17, 15) is 13.5 Å². The summed E-state index contributed by atoms with van der Waals surface area (Å²) in [5, 5.41) is 17.3. The summed E-state index contributed by atoms with van der Waals surface area (Å²) >= 11 is 0. The number of aromatic hydroxyl groups is 1. The summed E-state index contributed by atoms with van der Waals surface area (Å²) in [4.78, 5) is -0.354. The molecule has 0 spiro atoms. The number of nitrogens with zero attached hydrogens (tertiary/aromatic N) is 2. The van der Waals surface area contributed by atoms with Crippen LogP contribution in [0.2, 0.25) is 0 Å². The second-order valence-electron chi connectivity index (χ2n) is 4.16. The number of benzene rings is 2. The lowest BCUT2D eigenvalue weighted by Crippen LogP contribution is -1.96. The maximum absolute atomic E-state index is 11.0. The van der Waals surface area contributed by atoms with Gasteiger partial charge in [0.15, 0.2) is 0 Å². The molecule has 0 amide bonds. The van der Waals surface area contributed by atoms with E-state index in [1.807, 2.05) is 19.1 Å². The van der Waals surface area contributed by atoms with Crippen LogP contribution in [0.3, 0.4) is 0 Å². The van der Waals surface area contributed by atoms with Crippen LogP contribution < -0.4 is 0 Å². The maximum atomic E-state index is 11.0. The van der Waals surface area contributed by atoms with Gasteiger partial charge in [-0.15, -0.1) is 5.11 Å². The lowest BCUT2D eigenvalue weighted by atomic mass is 10.2. The molecule has 0 aromatic heterocycles. The largest absolute Gasteiger partial charge is 0.506 e. The van der Waals surface area contributed by atoms with E-state index < -0.39 is 10.1 Å². The molecule has 0 bridgehead atoms. The van der Waals surface area contributed by atoms with Gasteiger partial charge >= 0.3 is 0 Å². The van der Waals surface area contributed by atoms with Gasteiger partial charge in [0, 0.05) is 0 Å². The zero-order valence-corrected chi connectivity index (χ0v) is 11.4. The van der Waals surface area contributed by atoms with Crippen LogP contribution in [0.5, 0.6) is 5.75 Å². The Kier molecular flexibility index (Phi) is 3.82. The molecule has 0 saturated heterocycles. The van der Waals surface area contributed by atoms with Crippen molar-refractivity contribution in [2.45, 2.75) is 11.8 Å². The van der Waals surface area contributed by atoms with Crippen molar-refractivity contribution in [1.82, 2.24) is 0 Å². The van der Waals surface area contributed by atoms with Crippen molar-refractivity contribution in [2.75, 3.05) is 0 Å². The van der Waals surface area contributed by atoms with Crippen LogP contribution in [-0.4, -0.2) is 18.1 Å². The first-order valence-corrected chi connectivity index (χ1v) is 7.09. The van der Waals surface area contributed by atoms with Gasteiger partial charge in [-0.1, -0.05) is 17.7 Å². The van der Waals surface area contributed by atoms with E-state index in [0.29, 0.717) is 5.69 Å². The lowest BCUT2D eigenvalue weighted by molar-refractivity contribution is 0.473. The molecule has 0 saturated carbocycles. The first-order chi connectivity index (χ1) is 9.36. The van der Waals surface area contributed by atoms with Crippen molar-refractivity contribution in [2.24, 2.45) is 10.2 Å². The summed E-state index contributed by atoms with van der Waals surface area (Å²) in [5.74, 6) is -0.228. The zero-order chi connectivity index (χ0) is 14.8. The number of phenols is 1. The lowest BCUT2D eigenvalue weighted by Gasteiger charge is -2.01. The molecule has 104 valence electrons. The molecule has 2 N–H and O–H groups in total. The molecule has 0 heterocycles. The molecule has 0 unspecified atom stereocenters. The highest BCUT2D eigenvalue weighted by Crippen LogP contribution is 2.30. The van der Waals surface area contributed by atoms with Gasteiger partial charge < -0.3 is 5.11 Å². The Morgan fingerprint density at radius 1 is 1.00 bits per heavy atom. The van der Waals surface area contributed by atoms with Gasteiger partial charge in [0.05, 0.1) is 10.6 Å². The Balaban J connectivity index is 2.35. The van der Waals surface area contributed by atoms with Gasteiger partial charge in [0.1, 0.15) is 11.4 Å². The number of phenolic OH excluding ortho intramolecular Hbond substituents is 1. The zero-order valence-electron chi connectivity index (χ0n) is 10.6. The summed E-state index contributed by atoms with van der Waals surface area (Å²) < 4.78 is 31.0. The molecule has 6 nitrogen and oxygen atoms in total. The third-order valence-corrected chi connectivity index (χ3v) is 3.40. The minimum absolute atomic E-state index is 0.0410. The summed E-state index contributed by atoms with van der Waals surface area (Å²) in [7, 11) is -4.34. The Morgan fingerprint density at radius 2 is 1.65 bits per heavy atom. The smallest absolute Gasteiger partial charge is 0.294 e. The average molecular weight is 292 g/mol. The molecule has 0 aliphatic carbocycles. The predicted octanol–water partition coefficient (Wildman–Crippen LogP) is 3.36. The fourth-order valence-corrected chi connectivity index (χ4v) is 1.97. The van der Waals surface area contributed by atoms with Crippen molar-refractivity contribution in [3.8, 4) is 5.75 Å². The highest BCUT2D eigenvalue weighted by atomic mass is 32.2. The Bertz CT molecular complexity index is 752. The fourth-order valence-electron chi connectivity index (χ4n) is 1.47. The third-order valence-electron chi connectivity index (χ3n) is 2.55. The highest BCUT2D eigenvalue weighted by molar-refractivity contribution is 7.85. The quantitative estimate of drug-likeness (QED) is 0.669. The number of hydrogen-bond acceptors (Lipinski definition) is 5. The molecule has 2 rings (SSSR count). The van der Waals surface area contributed by atoms with Gasteiger partial charge in [0.2, 0.25) is 0 Å². The van der Waals surface area contributed by atoms with Gasteiger partial charge in [-0.25, -0.2) is 0 Å². The van der Waals surface area contributed by atoms with Crippen molar-refractivity contribution in [3.05, 3.63) is 48.0 Å². The van der Waals surface area contributed by atoms with Crippen LogP contribution in [0.1, 0.15) is 5.56 Å². The minimum atomic E-state index is -4.34. The molecule has 0 atom stereocenters. The second-order valence-corrected chi connectivity index (χ2v) is 5.58. The highest BCUT2D eigenvalue weighted by Gasteiger charge is 2.12. The molecule has 20 heavy (non-hydrogen) atoms. The average Bonchev–Trinajstić information content (AvgIpc) is 2.38. The molecular weight excluding hydrogens is 280 g/mol. The maximum Gasteiger partial charge on any atom is 0.294 e. The first kappa shape index (κ1) is 14.2. The van der Waals surface area contributed by atoms with Crippen LogP contribution in [-0.2, 0) is 10.1 Å². The van der Waals surface area contributed by atoms with Crippen LogP contribution in [0.15, 0.2) is 57.6 Å². The van der Waals surface area contributed by atoms with E-state index in [1.54, 1.807) is 12.1 Å². The van der Waals surface area contributed by atoms with E-state index >= 15 is 0 Å². The van der Waals surface area contributed by atoms with Gasteiger partial charge in [-0.2, -0.15) is 13.5 Å². The minimum Gasteiger partial charge on any atom is -0.506 e. The van der Waals surface area contributed by atoms with Crippen molar-refractivity contribution < 1.29 is 18.1 Å². The number of hydrogen-bond donors (Lipinski definition) is 2. The molecule has 7 heteroatoms. The first-order valence-electron chi connectivity index (χ1n) is 5.65. The summed E-state index contributed by atoms with van der Waals surface area (Å²) in [6.07, 6.45) is 0. The van der Waals surface area contributed by atoms with E-state index in [4.69, 9.17) is 4.55 Å². The molecular formula is C13H12N2O4S. The number of aryl methyl sites for hydroxylation is 1. The Morgan fingerprint density at radius 3 is 2.25 bits per heavy atom. The van der Waals surface area contributed by atoms with Crippen LogP contribution in [0.4, 0.5) is 11.4 Å². The van der Waals surface area contributed by atoms with E-state index in [0.717, 1.165) is 23.8 Å². The molecule has 0 radical (unpaired) electrons. The van der Waals surface area contributed by atoms with Crippen molar-refractivity contribution >= 4 is 21.5 Å². The van der Waals surface area contributed by atoms with E-state index in [2.05, 4.69) is 10.2 Å². The SMILES string of the molecule is Cc1ccc(N=Nc2cc(S(=O)(=O)O)ccc2O)cc1. The molecule has 2 aromatic rings. The topological polar surface area (TPSA) is 99.3 Å². The van der Waals surface area contributed by atoms with Crippen molar-refractivity contribution in [1.29, 1.82) is 0 Å². The van der Waals surface area contributed by atoms with Crippen LogP contribution in [0, 0.1) is 6.92 Å². The third kappa shape index (κ3) is 3.40. The summed E-state index contributed by atoms with van der Waals surface area (Å²) in [6, 6.07) is 10.4. The standard InChI is InChI=1S/C13H12N2O4S/c1-9-2-4-10(5-3-9)14-15-12-8-11(20(17,18)19)6-7-13(12)16/h2-8,16H,1H3,(H,17,18,19). The van der Waals surface area contributed by atoms with Gasteiger partial charge in [-0.3, -0.25) is 4.55 Å². The van der Waals surface area contributed by atoms with Crippen LogP contribution in [0.25, 0.3) is 0 Å². The van der Waals surface area contributed by atoms with E-state index in [-0.39, 0.29) is 16.3 Å². The Labute approximate surface area is 116 Å². The number of rotatable bonds is 3. The number of azo groups is 1.